The normalized spacial score (nSPS) is 11.5. The van der Waals surface area contributed by atoms with E-state index >= 15 is 0 Å². The number of rotatable bonds is 6. The summed E-state index contributed by atoms with van der Waals surface area (Å²) >= 11 is 0. The molecule has 0 heterocycles. The second-order valence-electron chi connectivity index (χ2n) is 2.88. The van der Waals surface area contributed by atoms with Crippen molar-refractivity contribution in [2.24, 2.45) is 5.73 Å². The van der Waals surface area contributed by atoms with Crippen molar-refractivity contribution in [3.8, 4) is 0 Å². The Morgan fingerprint density at radius 2 is 1.87 bits per heavy atom. The molecule has 2 nitrogen and oxygen atoms in total. The number of allylic oxidation sites excluding steroid dienone is 5. The van der Waals surface area contributed by atoms with Gasteiger partial charge in [-0.1, -0.05) is 38.2 Å². The van der Waals surface area contributed by atoms with Gasteiger partial charge < -0.3 is 10.5 Å². The van der Waals surface area contributed by atoms with E-state index in [1.807, 2.05) is 45.9 Å². The van der Waals surface area contributed by atoms with Crippen LogP contribution in [-0.4, -0.2) is 13.2 Å². The summed E-state index contributed by atoms with van der Waals surface area (Å²) in [5.74, 6) is 0.912. The van der Waals surface area contributed by atoms with Crippen LogP contribution in [0.5, 0.6) is 0 Å². The Kier molecular flexibility index (Phi) is 14.2. The lowest BCUT2D eigenvalue weighted by atomic mass is 10.2. The quantitative estimate of drug-likeness (QED) is 0.415. The molecule has 15 heavy (non-hydrogen) atoms. The summed E-state index contributed by atoms with van der Waals surface area (Å²) in [4.78, 5) is 0. The molecular weight excluding hydrogens is 186 g/mol. The van der Waals surface area contributed by atoms with E-state index in [4.69, 9.17) is 10.5 Å². The van der Waals surface area contributed by atoms with E-state index in [1.165, 1.54) is 0 Å². The van der Waals surface area contributed by atoms with Crippen LogP contribution in [0.25, 0.3) is 0 Å². The van der Waals surface area contributed by atoms with E-state index in [9.17, 15) is 0 Å². The molecule has 0 radical (unpaired) electrons. The summed E-state index contributed by atoms with van der Waals surface area (Å²) in [5, 5.41) is 0. The van der Waals surface area contributed by atoms with E-state index in [-0.39, 0.29) is 0 Å². The van der Waals surface area contributed by atoms with E-state index in [0.717, 1.165) is 17.8 Å². The zero-order chi connectivity index (χ0) is 12.1. The minimum atomic E-state index is 0.675. The maximum Gasteiger partial charge on any atom is 0.0928 e. The molecule has 88 valence electrons. The highest BCUT2D eigenvalue weighted by molar-refractivity contribution is 5.20. The standard InChI is InChI=1S/C11H19NO.C2H6/c1-4-10(2)6-7-11(3)13-9-5-8-12;1-2/h4,6-7H,1,5,8-9,12H2,2-3H3;1-2H3/b10-6-,11-7+;. The molecule has 0 bridgehead atoms. The molecule has 0 aromatic carbocycles. The zero-order valence-electron chi connectivity index (χ0n) is 10.5. The predicted octanol–water partition coefficient (Wildman–Crippen LogP) is 3.41. The van der Waals surface area contributed by atoms with Gasteiger partial charge in [-0.3, -0.25) is 0 Å². The maximum atomic E-state index is 5.38. The monoisotopic (exact) mass is 211 g/mol. The second-order valence-corrected chi connectivity index (χ2v) is 2.88. The first-order chi connectivity index (χ1) is 7.20. The first-order valence-electron chi connectivity index (χ1n) is 5.51. The highest BCUT2D eigenvalue weighted by Gasteiger charge is 1.87. The topological polar surface area (TPSA) is 35.2 Å². The molecule has 0 amide bonds. The van der Waals surface area contributed by atoms with E-state index in [0.29, 0.717) is 13.2 Å². The summed E-state index contributed by atoms with van der Waals surface area (Å²) in [6, 6.07) is 0. The van der Waals surface area contributed by atoms with Crippen LogP contribution in [0.3, 0.4) is 0 Å². The van der Waals surface area contributed by atoms with Crippen molar-refractivity contribution < 1.29 is 4.74 Å². The molecule has 2 N–H and O–H groups in total. The van der Waals surface area contributed by atoms with Crippen molar-refractivity contribution in [1.29, 1.82) is 0 Å². The number of hydrogen-bond acceptors (Lipinski definition) is 2. The first-order valence-corrected chi connectivity index (χ1v) is 5.51. The third-order valence-electron chi connectivity index (χ3n) is 1.58. The number of ether oxygens (including phenoxy) is 1. The Balaban J connectivity index is 0. The van der Waals surface area contributed by atoms with Crippen molar-refractivity contribution in [1.82, 2.24) is 0 Å². The largest absolute Gasteiger partial charge is 0.498 e. The fourth-order valence-electron chi connectivity index (χ4n) is 0.681. The molecular formula is C13H25NO. The second kappa shape index (κ2) is 13.0. The van der Waals surface area contributed by atoms with Crippen LogP contribution in [0, 0.1) is 0 Å². The molecule has 0 aliphatic carbocycles. The smallest absolute Gasteiger partial charge is 0.0928 e. The highest BCUT2D eigenvalue weighted by atomic mass is 16.5. The van der Waals surface area contributed by atoms with Gasteiger partial charge in [0.1, 0.15) is 0 Å². The molecule has 2 heteroatoms. The molecule has 0 saturated heterocycles. The molecule has 0 aromatic heterocycles. The van der Waals surface area contributed by atoms with Gasteiger partial charge in [-0.25, -0.2) is 0 Å². The molecule has 0 unspecified atom stereocenters. The molecule has 0 fully saturated rings. The average molecular weight is 211 g/mol. The summed E-state index contributed by atoms with van der Waals surface area (Å²) < 4.78 is 5.38. The van der Waals surface area contributed by atoms with Gasteiger partial charge in [0, 0.05) is 0 Å². The van der Waals surface area contributed by atoms with Gasteiger partial charge in [0.2, 0.25) is 0 Å². The van der Waals surface area contributed by atoms with Gasteiger partial charge in [-0.2, -0.15) is 0 Å². The maximum absolute atomic E-state index is 5.38. The third-order valence-corrected chi connectivity index (χ3v) is 1.58. The van der Waals surface area contributed by atoms with Gasteiger partial charge in [0.25, 0.3) is 0 Å². The van der Waals surface area contributed by atoms with Gasteiger partial charge in [0.15, 0.2) is 0 Å². The third kappa shape index (κ3) is 13.0. The minimum Gasteiger partial charge on any atom is -0.498 e. The SMILES string of the molecule is C=C/C(C)=C\C=C(/C)OCCCN.CC. The van der Waals surface area contributed by atoms with Crippen LogP contribution < -0.4 is 5.73 Å². The summed E-state index contributed by atoms with van der Waals surface area (Å²) in [6.45, 7) is 13.0. The van der Waals surface area contributed by atoms with Gasteiger partial charge in [-0.05, 0) is 32.9 Å². The zero-order valence-corrected chi connectivity index (χ0v) is 10.5. The minimum absolute atomic E-state index is 0.675. The molecule has 0 rings (SSSR count). The van der Waals surface area contributed by atoms with Crippen LogP contribution in [0.2, 0.25) is 0 Å². The van der Waals surface area contributed by atoms with Gasteiger partial charge >= 0.3 is 0 Å². The number of hydrogen-bond donors (Lipinski definition) is 1. The molecule has 0 spiro atoms. The molecule has 0 saturated carbocycles. The van der Waals surface area contributed by atoms with Crippen molar-refractivity contribution >= 4 is 0 Å². The van der Waals surface area contributed by atoms with Crippen molar-refractivity contribution in [3.05, 3.63) is 36.1 Å². The van der Waals surface area contributed by atoms with Crippen LogP contribution in [0.1, 0.15) is 34.1 Å². The summed E-state index contributed by atoms with van der Waals surface area (Å²) in [6.07, 6.45) is 6.62. The van der Waals surface area contributed by atoms with Gasteiger partial charge in [-0.15, -0.1) is 0 Å². The molecule has 0 aromatic rings. The van der Waals surface area contributed by atoms with Gasteiger partial charge in [0.05, 0.1) is 12.4 Å². The fourth-order valence-corrected chi connectivity index (χ4v) is 0.681. The van der Waals surface area contributed by atoms with E-state index < -0.39 is 0 Å². The van der Waals surface area contributed by atoms with Crippen LogP contribution in [-0.2, 0) is 4.74 Å². The Morgan fingerprint density at radius 1 is 1.27 bits per heavy atom. The predicted molar refractivity (Wildman–Crippen MR) is 68.7 cm³/mol. The van der Waals surface area contributed by atoms with Crippen LogP contribution in [0.4, 0.5) is 0 Å². The lowest BCUT2D eigenvalue weighted by Crippen LogP contribution is -2.03. The van der Waals surface area contributed by atoms with E-state index in [2.05, 4.69) is 6.58 Å². The first kappa shape index (κ1) is 16.4. The molecule has 0 atom stereocenters. The van der Waals surface area contributed by atoms with Crippen LogP contribution >= 0.6 is 0 Å². The lowest BCUT2D eigenvalue weighted by Gasteiger charge is -2.03. The molecule has 0 aliphatic rings. The Hall–Kier alpha value is -1.02. The van der Waals surface area contributed by atoms with Crippen molar-refractivity contribution in [2.45, 2.75) is 34.1 Å². The van der Waals surface area contributed by atoms with Crippen LogP contribution in [0.15, 0.2) is 36.1 Å². The lowest BCUT2D eigenvalue weighted by molar-refractivity contribution is 0.212. The molecule has 0 aliphatic heterocycles. The number of nitrogens with two attached hydrogens (primary N) is 1. The Bertz CT molecular complexity index is 205. The van der Waals surface area contributed by atoms with E-state index in [1.54, 1.807) is 0 Å². The van der Waals surface area contributed by atoms with Crippen molar-refractivity contribution in [2.75, 3.05) is 13.2 Å². The van der Waals surface area contributed by atoms with Crippen molar-refractivity contribution in [3.63, 3.8) is 0 Å². The average Bonchev–Trinajstić information content (AvgIpc) is 2.29. The summed E-state index contributed by atoms with van der Waals surface area (Å²) in [7, 11) is 0. The highest BCUT2D eigenvalue weighted by Crippen LogP contribution is 2.00. The summed E-state index contributed by atoms with van der Waals surface area (Å²) in [5.41, 5.74) is 6.46. The Morgan fingerprint density at radius 3 is 2.33 bits per heavy atom. The fraction of sp³-hybridized carbons (Fsp3) is 0.538. The Labute approximate surface area is 94.5 Å².